The number of benzene rings is 3. The Labute approximate surface area is 222 Å². The number of halogens is 1. The van der Waals surface area contributed by atoms with Crippen molar-refractivity contribution in [2.24, 2.45) is 0 Å². The van der Waals surface area contributed by atoms with Gasteiger partial charge in [0.15, 0.2) is 0 Å². The average molecular weight is 513 g/mol. The zero-order valence-electron chi connectivity index (χ0n) is 22.1. The number of rotatable bonds is 7. The van der Waals surface area contributed by atoms with E-state index in [1.807, 2.05) is 35.0 Å². The van der Waals surface area contributed by atoms with E-state index < -0.39 is 0 Å². The first-order valence-electron chi connectivity index (χ1n) is 12.9. The molecule has 1 aliphatic heterocycles. The number of anilines is 2. The molecule has 0 unspecified atom stereocenters. The lowest BCUT2D eigenvalue weighted by Gasteiger charge is -2.45. The fraction of sp³-hybridized carbons (Fsp3) is 0.300. The van der Waals surface area contributed by atoms with Crippen molar-refractivity contribution in [2.75, 3.05) is 36.5 Å². The SMILES string of the molecule is C=CCN1C[C@@H](C)N(c2cccc3c2nnn3Cc2cccc(C(=O)N(C)c3cccc(F)c3)c2)C[C@@H]1C. The first kappa shape index (κ1) is 25.6. The van der Waals surface area contributed by atoms with Gasteiger partial charge in [-0.1, -0.05) is 35.6 Å². The molecule has 1 amide bonds. The van der Waals surface area contributed by atoms with Crippen LogP contribution in [0.4, 0.5) is 15.8 Å². The Hall–Kier alpha value is -4.04. The minimum absolute atomic E-state index is 0.207. The molecule has 1 saturated heterocycles. The monoisotopic (exact) mass is 512 g/mol. The maximum absolute atomic E-state index is 13.7. The molecule has 0 saturated carbocycles. The zero-order valence-corrected chi connectivity index (χ0v) is 22.1. The quantitative estimate of drug-likeness (QED) is 0.327. The molecule has 8 heteroatoms. The molecule has 2 heterocycles. The number of carbonyl (C=O) groups is 1. The van der Waals surface area contributed by atoms with Crippen LogP contribution in [-0.2, 0) is 6.54 Å². The number of aromatic nitrogens is 3. The predicted molar refractivity (Wildman–Crippen MR) is 150 cm³/mol. The largest absolute Gasteiger partial charge is 0.364 e. The van der Waals surface area contributed by atoms with Crippen LogP contribution in [0.15, 0.2) is 79.4 Å². The van der Waals surface area contributed by atoms with Gasteiger partial charge in [-0.3, -0.25) is 9.69 Å². The number of amides is 1. The second kappa shape index (κ2) is 10.8. The Morgan fingerprint density at radius 2 is 1.87 bits per heavy atom. The molecule has 38 heavy (non-hydrogen) atoms. The smallest absolute Gasteiger partial charge is 0.258 e. The van der Waals surface area contributed by atoms with Crippen LogP contribution in [-0.4, -0.2) is 64.6 Å². The van der Waals surface area contributed by atoms with Crippen molar-refractivity contribution < 1.29 is 9.18 Å². The summed E-state index contributed by atoms with van der Waals surface area (Å²) in [6.07, 6.45) is 1.97. The van der Waals surface area contributed by atoms with E-state index in [-0.39, 0.29) is 11.7 Å². The minimum Gasteiger partial charge on any atom is -0.364 e. The zero-order chi connectivity index (χ0) is 26.8. The van der Waals surface area contributed by atoms with Gasteiger partial charge in [0.1, 0.15) is 11.3 Å². The lowest BCUT2D eigenvalue weighted by Crippen LogP contribution is -2.56. The van der Waals surface area contributed by atoms with Gasteiger partial charge in [0, 0.05) is 50.0 Å². The van der Waals surface area contributed by atoms with Crippen molar-refractivity contribution in [3.63, 3.8) is 0 Å². The van der Waals surface area contributed by atoms with E-state index in [0.29, 0.717) is 29.9 Å². The summed E-state index contributed by atoms with van der Waals surface area (Å²) in [5.41, 5.74) is 4.88. The van der Waals surface area contributed by atoms with Gasteiger partial charge in [0.05, 0.1) is 17.7 Å². The number of carbonyl (C=O) groups excluding carboxylic acids is 1. The number of hydrogen-bond acceptors (Lipinski definition) is 5. The van der Waals surface area contributed by atoms with Gasteiger partial charge in [-0.05, 0) is 61.9 Å². The molecule has 5 rings (SSSR count). The van der Waals surface area contributed by atoms with Gasteiger partial charge in [-0.15, -0.1) is 11.7 Å². The lowest BCUT2D eigenvalue weighted by molar-refractivity contribution is 0.0993. The maximum atomic E-state index is 13.7. The van der Waals surface area contributed by atoms with Crippen LogP contribution in [0, 0.1) is 5.82 Å². The third kappa shape index (κ3) is 5.04. The van der Waals surface area contributed by atoms with E-state index in [1.54, 1.807) is 25.2 Å². The highest BCUT2D eigenvalue weighted by Gasteiger charge is 2.30. The van der Waals surface area contributed by atoms with Crippen molar-refractivity contribution >= 4 is 28.3 Å². The van der Waals surface area contributed by atoms with Gasteiger partial charge in [-0.25, -0.2) is 9.07 Å². The molecule has 7 nitrogen and oxygen atoms in total. The third-order valence-corrected chi connectivity index (χ3v) is 7.32. The molecule has 0 N–H and O–H groups in total. The lowest BCUT2D eigenvalue weighted by atomic mass is 10.1. The number of piperazine rings is 1. The van der Waals surface area contributed by atoms with Crippen LogP contribution in [0.1, 0.15) is 29.8 Å². The summed E-state index contributed by atoms with van der Waals surface area (Å²) < 4.78 is 15.5. The van der Waals surface area contributed by atoms with Crippen LogP contribution in [0.3, 0.4) is 0 Å². The molecule has 0 aliphatic carbocycles. The molecule has 3 aromatic carbocycles. The minimum atomic E-state index is -0.379. The molecule has 4 aromatic rings. The van der Waals surface area contributed by atoms with Crippen LogP contribution in [0.5, 0.6) is 0 Å². The van der Waals surface area contributed by atoms with E-state index in [9.17, 15) is 9.18 Å². The van der Waals surface area contributed by atoms with Crippen molar-refractivity contribution in [2.45, 2.75) is 32.5 Å². The highest BCUT2D eigenvalue weighted by Crippen LogP contribution is 2.30. The summed E-state index contributed by atoms with van der Waals surface area (Å²) in [7, 11) is 1.65. The van der Waals surface area contributed by atoms with Gasteiger partial charge >= 0.3 is 0 Å². The van der Waals surface area contributed by atoms with Crippen LogP contribution in [0.25, 0.3) is 11.0 Å². The van der Waals surface area contributed by atoms with E-state index in [2.05, 4.69) is 52.7 Å². The van der Waals surface area contributed by atoms with Crippen molar-refractivity contribution in [3.8, 4) is 0 Å². The predicted octanol–water partition coefficient (Wildman–Crippen LogP) is 4.98. The van der Waals surface area contributed by atoms with E-state index in [0.717, 1.165) is 41.9 Å². The molecule has 1 aromatic heterocycles. The highest BCUT2D eigenvalue weighted by molar-refractivity contribution is 6.05. The fourth-order valence-electron chi connectivity index (χ4n) is 5.25. The summed E-state index contributed by atoms with van der Waals surface area (Å²) in [4.78, 5) is 19.4. The normalized spacial score (nSPS) is 18.1. The molecule has 0 bridgehead atoms. The average Bonchev–Trinajstić information content (AvgIpc) is 3.33. The summed E-state index contributed by atoms with van der Waals surface area (Å²) in [5.74, 6) is -0.585. The Kier molecular flexibility index (Phi) is 7.24. The highest BCUT2D eigenvalue weighted by atomic mass is 19.1. The Morgan fingerprint density at radius 1 is 1.08 bits per heavy atom. The molecule has 1 fully saturated rings. The molecule has 2 atom stereocenters. The van der Waals surface area contributed by atoms with E-state index >= 15 is 0 Å². The van der Waals surface area contributed by atoms with E-state index in [1.165, 1.54) is 17.0 Å². The number of hydrogen-bond donors (Lipinski definition) is 0. The molecule has 0 radical (unpaired) electrons. The van der Waals surface area contributed by atoms with Gasteiger partial charge in [-0.2, -0.15) is 0 Å². The number of fused-ring (bicyclic) bond motifs is 1. The topological polar surface area (TPSA) is 57.5 Å². The first-order valence-corrected chi connectivity index (χ1v) is 12.9. The van der Waals surface area contributed by atoms with Gasteiger partial charge in [0.25, 0.3) is 5.91 Å². The van der Waals surface area contributed by atoms with Crippen molar-refractivity contribution in [3.05, 3.63) is 96.3 Å². The fourth-order valence-corrected chi connectivity index (χ4v) is 5.25. The first-order chi connectivity index (χ1) is 18.4. The maximum Gasteiger partial charge on any atom is 0.258 e. The van der Waals surface area contributed by atoms with Gasteiger partial charge < -0.3 is 9.80 Å². The number of nitrogens with zero attached hydrogens (tertiary/aromatic N) is 6. The Morgan fingerprint density at radius 3 is 2.66 bits per heavy atom. The standard InChI is InChI=1S/C30H33FN6O/c1-5-15-35-18-22(3)36(19-21(35)2)27-13-8-14-28-29(27)32-33-37(28)20-23-9-6-10-24(16-23)30(38)34(4)26-12-7-11-25(31)17-26/h5-14,16-17,21-22H,1,15,18-20H2,2-4H3/t21-,22+/m0/s1. The van der Waals surface area contributed by atoms with Gasteiger partial charge in [0.2, 0.25) is 0 Å². The summed E-state index contributed by atoms with van der Waals surface area (Å²) >= 11 is 0. The summed E-state index contributed by atoms with van der Waals surface area (Å²) in [5, 5.41) is 9.05. The van der Waals surface area contributed by atoms with Crippen molar-refractivity contribution in [1.29, 1.82) is 0 Å². The Bertz CT molecular complexity index is 1470. The van der Waals surface area contributed by atoms with Crippen molar-refractivity contribution in [1.82, 2.24) is 19.9 Å². The van der Waals surface area contributed by atoms with E-state index in [4.69, 9.17) is 0 Å². The summed E-state index contributed by atoms with van der Waals surface area (Å²) in [6, 6.07) is 20.4. The van der Waals surface area contributed by atoms with Crippen LogP contribution >= 0.6 is 0 Å². The van der Waals surface area contributed by atoms with Crippen LogP contribution in [0.2, 0.25) is 0 Å². The molecule has 0 spiro atoms. The molecular formula is C30H33FN6O. The third-order valence-electron chi connectivity index (χ3n) is 7.32. The second-order valence-corrected chi connectivity index (χ2v) is 10.0. The molecular weight excluding hydrogens is 479 g/mol. The second-order valence-electron chi connectivity index (χ2n) is 10.0. The molecule has 196 valence electrons. The van der Waals surface area contributed by atoms with Crippen LogP contribution < -0.4 is 9.80 Å². The molecule has 1 aliphatic rings. The summed E-state index contributed by atoms with van der Waals surface area (Å²) in [6.45, 7) is 11.6. The Balaban J connectivity index is 1.38.